The van der Waals surface area contributed by atoms with Crippen LogP contribution in [-0.2, 0) is 26.5 Å². The molecule has 0 spiro atoms. The minimum Gasteiger partial charge on any atom is -0.501 e. The third kappa shape index (κ3) is 9.33. The van der Waals surface area contributed by atoms with Crippen LogP contribution in [0.4, 0.5) is 0 Å². The fourth-order valence-electron chi connectivity index (χ4n) is 8.63. The first-order valence-corrected chi connectivity index (χ1v) is 25.7. The van der Waals surface area contributed by atoms with Crippen molar-refractivity contribution in [1.82, 2.24) is 14.5 Å². The van der Waals surface area contributed by atoms with Crippen molar-refractivity contribution in [2.75, 3.05) is 0 Å². The number of aryl methyl sites for hydroxylation is 1. The van der Waals surface area contributed by atoms with Gasteiger partial charge < -0.3 is 14.0 Å². The monoisotopic (exact) mass is 1030 g/mol. The largest absolute Gasteiger partial charge is 0.501 e. The first-order chi connectivity index (χ1) is 30.2. The van der Waals surface area contributed by atoms with E-state index >= 15 is 0 Å². The molecular weight excluding hydrogens is 977 g/mol. The molecule has 9 rings (SSSR count). The van der Waals surface area contributed by atoms with Gasteiger partial charge in [-0.15, -0.1) is 48.0 Å². The van der Waals surface area contributed by atoms with Crippen molar-refractivity contribution in [3.63, 3.8) is 0 Å². The van der Waals surface area contributed by atoms with Gasteiger partial charge in [0.25, 0.3) is 0 Å². The Morgan fingerprint density at radius 3 is 2.11 bits per heavy atom. The number of fused-ring (bicyclic) bond motifs is 4. The average Bonchev–Trinajstić information content (AvgIpc) is 3.84. The van der Waals surface area contributed by atoms with Gasteiger partial charge >= 0.3 is 0 Å². The van der Waals surface area contributed by atoms with Gasteiger partial charge in [0.05, 0.1) is 30.5 Å². The van der Waals surface area contributed by atoms with Crippen molar-refractivity contribution in [2.24, 2.45) is 5.92 Å². The minimum absolute atomic E-state index is 0. The van der Waals surface area contributed by atoms with Crippen LogP contribution in [0.2, 0.25) is 19.6 Å². The van der Waals surface area contributed by atoms with Gasteiger partial charge in [-0.05, 0) is 106 Å². The molecule has 0 amide bonds. The molecule has 0 saturated carbocycles. The molecule has 3 heterocycles. The van der Waals surface area contributed by atoms with E-state index in [0.717, 1.165) is 62.0 Å². The van der Waals surface area contributed by atoms with Gasteiger partial charge in [0, 0.05) is 43.4 Å². The summed E-state index contributed by atoms with van der Waals surface area (Å²) in [6.45, 7) is 22.8. The second kappa shape index (κ2) is 19.1. The molecule has 5 nitrogen and oxygen atoms in total. The Bertz CT molecular complexity index is 3100. The summed E-state index contributed by atoms with van der Waals surface area (Å²) in [5.41, 5.74) is 16.0. The smallest absolute Gasteiger partial charge is 0.121 e. The van der Waals surface area contributed by atoms with Gasteiger partial charge in [-0.25, -0.2) is 5.26 Å². The van der Waals surface area contributed by atoms with Crippen molar-refractivity contribution in [3.8, 4) is 45.5 Å². The number of furan rings is 1. The first-order valence-electron chi connectivity index (χ1n) is 22.2. The molecule has 0 aliphatic rings. The Labute approximate surface area is 393 Å². The molecule has 0 aliphatic heterocycles. The number of nitriles is 1. The zero-order valence-corrected chi connectivity index (χ0v) is 42.0. The molecule has 0 atom stereocenters. The molecule has 9 aromatic rings. The van der Waals surface area contributed by atoms with E-state index in [1.807, 2.05) is 18.2 Å². The molecular formula is C57H56IrN4OSi-2. The van der Waals surface area contributed by atoms with Crippen LogP contribution in [0.15, 0.2) is 132 Å². The van der Waals surface area contributed by atoms with Gasteiger partial charge in [0.1, 0.15) is 5.58 Å². The topological polar surface area (TPSA) is 67.6 Å². The zero-order chi connectivity index (χ0) is 44.6. The van der Waals surface area contributed by atoms with Gasteiger partial charge in [-0.1, -0.05) is 138 Å². The molecule has 325 valence electrons. The Morgan fingerprint density at radius 2 is 1.47 bits per heavy atom. The van der Waals surface area contributed by atoms with E-state index in [1.165, 1.54) is 44.3 Å². The standard InChI is InChI=1S/C38H33N2O.C19H23N2Si.Ir/c1-23(2)31-21-27(26-12-7-6-8-13-26)22-32(24(3)4)36(31)40-34-17-10-9-16-33(34)39-38(40)30-15-11-14-29-28-19-18-25(5)20-35(28)41-37(29)30;1-14(2)10-17-11-18(21-13-19(17)22(3,4)5)16-8-6-15(12-20)7-9-16;/h6-14,16-24H,1-5H3;6-8,11,13-14H,10H2,1-5H3;/q2*-1;. The van der Waals surface area contributed by atoms with Crippen molar-refractivity contribution in [1.29, 1.82) is 5.26 Å². The quantitative estimate of drug-likeness (QED) is 0.107. The van der Waals surface area contributed by atoms with E-state index in [-0.39, 0.29) is 20.1 Å². The number of para-hydroxylation sites is 2. The number of benzene rings is 6. The van der Waals surface area contributed by atoms with E-state index in [1.54, 1.807) is 6.07 Å². The number of imidazole rings is 1. The van der Waals surface area contributed by atoms with E-state index in [2.05, 4.69) is 199 Å². The summed E-state index contributed by atoms with van der Waals surface area (Å²) < 4.78 is 8.91. The molecule has 0 unspecified atom stereocenters. The van der Waals surface area contributed by atoms with Crippen LogP contribution >= 0.6 is 0 Å². The maximum atomic E-state index is 8.89. The van der Waals surface area contributed by atoms with Crippen LogP contribution in [0.3, 0.4) is 0 Å². The Morgan fingerprint density at radius 1 is 0.766 bits per heavy atom. The van der Waals surface area contributed by atoms with Crippen molar-refractivity contribution in [2.45, 2.75) is 86.4 Å². The molecule has 0 saturated heterocycles. The van der Waals surface area contributed by atoms with Crippen LogP contribution in [0, 0.1) is 36.3 Å². The number of hydrogen-bond donors (Lipinski definition) is 0. The average molecular weight is 1030 g/mol. The zero-order valence-electron chi connectivity index (χ0n) is 38.6. The van der Waals surface area contributed by atoms with E-state index in [9.17, 15) is 0 Å². The Hall–Kier alpha value is -5.90. The van der Waals surface area contributed by atoms with Crippen LogP contribution in [0.25, 0.3) is 72.4 Å². The third-order valence-corrected chi connectivity index (χ3v) is 13.8. The molecule has 6 aromatic carbocycles. The second-order valence-corrected chi connectivity index (χ2v) is 23.9. The van der Waals surface area contributed by atoms with Crippen LogP contribution in [0.1, 0.15) is 81.2 Å². The second-order valence-electron chi connectivity index (χ2n) is 18.8. The number of aromatic nitrogens is 3. The molecule has 64 heavy (non-hydrogen) atoms. The molecule has 1 radical (unpaired) electrons. The van der Waals surface area contributed by atoms with Gasteiger partial charge in [-0.2, -0.15) is 0 Å². The fraction of sp³-hybridized carbons (Fsp3) is 0.246. The van der Waals surface area contributed by atoms with Crippen molar-refractivity contribution in [3.05, 3.63) is 167 Å². The maximum absolute atomic E-state index is 8.89. The minimum atomic E-state index is -1.40. The molecule has 3 aromatic heterocycles. The fourth-order valence-corrected chi connectivity index (χ4v) is 10.2. The first kappa shape index (κ1) is 46.1. The van der Waals surface area contributed by atoms with Crippen LogP contribution in [-0.4, -0.2) is 22.6 Å². The van der Waals surface area contributed by atoms with E-state index in [0.29, 0.717) is 23.3 Å². The Kier molecular flexibility index (Phi) is 13.7. The van der Waals surface area contributed by atoms with Gasteiger partial charge in [0.2, 0.25) is 0 Å². The maximum Gasteiger partial charge on any atom is 0.121 e. The third-order valence-electron chi connectivity index (χ3n) is 11.8. The van der Waals surface area contributed by atoms with E-state index in [4.69, 9.17) is 14.7 Å². The van der Waals surface area contributed by atoms with Gasteiger partial charge in [0.15, 0.2) is 0 Å². The number of pyridine rings is 1. The number of nitrogens with zero attached hydrogens (tertiary/aromatic N) is 4. The normalized spacial score (nSPS) is 11.6. The molecule has 0 fully saturated rings. The molecule has 0 N–H and O–H groups in total. The molecule has 7 heteroatoms. The summed E-state index contributed by atoms with van der Waals surface area (Å²) in [5, 5.41) is 12.5. The van der Waals surface area contributed by atoms with E-state index < -0.39 is 8.07 Å². The molecule has 0 aliphatic carbocycles. The summed E-state index contributed by atoms with van der Waals surface area (Å²) in [5.74, 6) is 2.07. The predicted octanol–water partition coefficient (Wildman–Crippen LogP) is 14.8. The summed E-state index contributed by atoms with van der Waals surface area (Å²) in [6, 6.07) is 50.9. The van der Waals surface area contributed by atoms with Crippen molar-refractivity contribution < 1.29 is 24.5 Å². The summed E-state index contributed by atoms with van der Waals surface area (Å²) in [6.07, 6.45) is 3.14. The predicted molar refractivity (Wildman–Crippen MR) is 266 cm³/mol. The summed E-state index contributed by atoms with van der Waals surface area (Å²) in [7, 11) is -1.40. The van der Waals surface area contributed by atoms with Gasteiger partial charge in [-0.3, -0.25) is 4.98 Å². The Balaban J connectivity index is 0.000000227. The molecule has 0 bridgehead atoms. The SMILES string of the molecule is CC(C)Cc1cc(-c2[c-]cc(C#N)cc2)ncc1[Si](C)(C)C.Cc1ccc2c(c1)oc1c(-c3nc4ccccc4n3-c3c(C(C)C)cc(-c4ccccc4)cc3C(C)C)[c-]ccc12.[Ir]. The van der Waals surface area contributed by atoms with Crippen LogP contribution < -0.4 is 5.19 Å². The number of rotatable bonds is 9. The van der Waals surface area contributed by atoms with Crippen LogP contribution in [0.5, 0.6) is 0 Å². The number of hydrogen-bond acceptors (Lipinski definition) is 4. The van der Waals surface area contributed by atoms with Crippen molar-refractivity contribution >= 4 is 46.2 Å². The summed E-state index contributed by atoms with van der Waals surface area (Å²) >= 11 is 0. The summed E-state index contributed by atoms with van der Waals surface area (Å²) in [4.78, 5) is 9.91.